The first-order valence-electron chi connectivity index (χ1n) is 7.43. The van der Waals surface area contributed by atoms with Crippen molar-refractivity contribution in [3.05, 3.63) is 41.5 Å². The minimum absolute atomic E-state index is 0.484. The van der Waals surface area contributed by atoms with Gasteiger partial charge in [-0.2, -0.15) is 0 Å². The summed E-state index contributed by atoms with van der Waals surface area (Å²) in [6.07, 6.45) is 0. The highest BCUT2D eigenvalue weighted by Crippen LogP contribution is 2.39. The molecular weight excluding hydrogens is 324 g/mol. The third-order valence-electron chi connectivity index (χ3n) is 3.56. The lowest BCUT2D eigenvalue weighted by Gasteiger charge is -2.16. The Labute approximate surface area is 147 Å². The maximum Gasteiger partial charge on any atom is 0.203 e. The van der Waals surface area contributed by atoms with Gasteiger partial charge in [0.25, 0.3) is 0 Å². The summed E-state index contributed by atoms with van der Waals surface area (Å²) in [4.78, 5) is 0. The van der Waals surface area contributed by atoms with Gasteiger partial charge in [-0.05, 0) is 43.3 Å². The Morgan fingerprint density at radius 3 is 2.04 bits per heavy atom. The van der Waals surface area contributed by atoms with E-state index in [0.717, 1.165) is 16.9 Å². The Morgan fingerprint density at radius 1 is 0.875 bits per heavy atom. The molecule has 0 bridgehead atoms. The molecule has 0 amide bonds. The van der Waals surface area contributed by atoms with Crippen LogP contribution < -0.4 is 24.8 Å². The number of hydrogen-bond donors (Lipinski definition) is 2. The molecule has 0 aromatic heterocycles. The van der Waals surface area contributed by atoms with Crippen molar-refractivity contribution in [1.29, 1.82) is 0 Å². The van der Waals surface area contributed by atoms with Crippen molar-refractivity contribution in [2.24, 2.45) is 0 Å². The first-order chi connectivity index (χ1) is 11.5. The highest BCUT2D eigenvalue weighted by atomic mass is 32.1. The Kier molecular flexibility index (Phi) is 5.87. The van der Waals surface area contributed by atoms with Gasteiger partial charge >= 0.3 is 0 Å². The van der Waals surface area contributed by atoms with E-state index in [4.69, 9.17) is 26.4 Å². The molecule has 0 atom stereocenters. The zero-order chi connectivity index (χ0) is 17.7. The Hall–Kier alpha value is -2.47. The molecule has 2 N–H and O–H groups in total. The van der Waals surface area contributed by atoms with Crippen molar-refractivity contribution >= 4 is 28.7 Å². The van der Waals surface area contributed by atoms with Crippen molar-refractivity contribution in [1.82, 2.24) is 0 Å². The van der Waals surface area contributed by atoms with Crippen LogP contribution in [-0.4, -0.2) is 26.4 Å². The standard InChI is InChI=1S/C18H22N2O3S/c1-11-6-7-12(2)14(8-11)20-18(24)19-13-9-15(21-3)17(23-5)16(10-13)22-4/h6-10H,1-5H3,(H2,19,20,24). The van der Waals surface area contributed by atoms with Gasteiger partial charge in [-0.1, -0.05) is 12.1 Å². The molecule has 0 unspecified atom stereocenters. The second kappa shape index (κ2) is 7.88. The second-order valence-corrected chi connectivity index (χ2v) is 5.72. The molecule has 2 aromatic rings. The van der Waals surface area contributed by atoms with Crippen LogP contribution in [0.3, 0.4) is 0 Å². The molecule has 0 spiro atoms. The largest absolute Gasteiger partial charge is 0.493 e. The van der Waals surface area contributed by atoms with Gasteiger partial charge in [-0.25, -0.2) is 0 Å². The molecular formula is C18H22N2O3S. The third kappa shape index (κ3) is 4.08. The molecule has 0 saturated heterocycles. The summed E-state index contributed by atoms with van der Waals surface area (Å²) in [7, 11) is 4.72. The van der Waals surface area contributed by atoms with Gasteiger partial charge in [0.05, 0.1) is 21.3 Å². The third-order valence-corrected chi connectivity index (χ3v) is 3.77. The van der Waals surface area contributed by atoms with E-state index in [0.29, 0.717) is 22.4 Å². The fourth-order valence-electron chi connectivity index (χ4n) is 2.31. The Balaban J connectivity index is 2.21. The molecule has 0 heterocycles. The molecule has 128 valence electrons. The monoisotopic (exact) mass is 346 g/mol. The van der Waals surface area contributed by atoms with Crippen LogP contribution in [0, 0.1) is 13.8 Å². The molecule has 0 saturated carbocycles. The molecule has 2 rings (SSSR count). The van der Waals surface area contributed by atoms with Crippen molar-refractivity contribution in [3.8, 4) is 17.2 Å². The maximum atomic E-state index is 5.41. The van der Waals surface area contributed by atoms with Crippen LogP contribution >= 0.6 is 12.2 Å². The minimum Gasteiger partial charge on any atom is -0.493 e. The van der Waals surface area contributed by atoms with Crippen molar-refractivity contribution in [2.45, 2.75) is 13.8 Å². The number of methoxy groups -OCH3 is 3. The molecule has 0 aliphatic heterocycles. The van der Waals surface area contributed by atoms with Crippen LogP contribution in [-0.2, 0) is 0 Å². The molecule has 24 heavy (non-hydrogen) atoms. The number of ether oxygens (including phenoxy) is 3. The Morgan fingerprint density at radius 2 is 1.50 bits per heavy atom. The summed E-state index contributed by atoms with van der Waals surface area (Å²) in [6.45, 7) is 4.07. The number of thiocarbonyl (C=S) groups is 1. The first kappa shape index (κ1) is 17.9. The molecule has 6 heteroatoms. The smallest absolute Gasteiger partial charge is 0.203 e. The average Bonchev–Trinajstić information content (AvgIpc) is 2.57. The highest BCUT2D eigenvalue weighted by molar-refractivity contribution is 7.80. The van der Waals surface area contributed by atoms with Crippen molar-refractivity contribution in [3.63, 3.8) is 0 Å². The van der Waals surface area contributed by atoms with Gasteiger partial charge in [-0.15, -0.1) is 0 Å². The van der Waals surface area contributed by atoms with E-state index >= 15 is 0 Å². The highest BCUT2D eigenvalue weighted by Gasteiger charge is 2.14. The fraction of sp³-hybridized carbons (Fsp3) is 0.278. The van der Waals surface area contributed by atoms with Crippen molar-refractivity contribution in [2.75, 3.05) is 32.0 Å². The van der Waals surface area contributed by atoms with Gasteiger partial charge < -0.3 is 24.8 Å². The Bertz CT molecular complexity index is 722. The van der Waals surface area contributed by atoms with Crippen molar-refractivity contribution < 1.29 is 14.2 Å². The zero-order valence-electron chi connectivity index (χ0n) is 14.5. The van der Waals surface area contributed by atoms with E-state index < -0.39 is 0 Å². The predicted molar refractivity (Wildman–Crippen MR) is 102 cm³/mol. The van der Waals surface area contributed by atoms with Crippen LogP contribution in [0.2, 0.25) is 0 Å². The summed E-state index contributed by atoms with van der Waals surface area (Å²) in [6, 6.07) is 9.78. The molecule has 0 fully saturated rings. The summed E-state index contributed by atoms with van der Waals surface area (Å²) >= 11 is 5.41. The van der Waals surface area contributed by atoms with Crippen LogP contribution in [0.15, 0.2) is 30.3 Å². The number of benzene rings is 2. The number of aryl methyl sites for hydroxylation is 2. The lowest BCUT2D eigenvalue weighted by atomic mass is 10.1. The predicted octanol–water partition coefficient (Wildman–Crippen LogP) is 4.14. The molecule has 0 aliphatic carbocycles. The zero-order valence-corrected chi connectivity index (χ0v) is 15.3. The van der Waals surface area contributed by atoms with E-state index in [2.05, 4.69) is 28.8 Å². The van der Waals surface area contributed by atoms with Gasteiger partial charge in [0.1, 0.15) is 0 Å². The SMILES string of the molecule is COc1cc(NC(=S)Nc2cc(C)ccc2C)cc(OC)c1OC. The van der Waals surface area contributed by atoms with E-state index in [1.165, 1.54) is 5.56 Å². The van der Waals surface area contributed by atoms with E-state index in [1.807, 2.05) is 13.8 Å². The van der Waals surface area contributed by atoms with Crippen LogP contribution in [0.5, 0.6) is 17.2 Å². The topological polar surface area (TPSA) is 51.8 Å². The number of hydrogen-bond acceptors (Lipinski definition) is 4. The number of nitrogens with one attached hydrogen (secondary N) is 2. The lowest BCUT2D eigenvalue weighted by molar-refractivity contribution is 0.324. The quantitative estimate of drug-likeness (QED) is 0.794. The normalized spacial score (nSPS) is 10.0. The molecule has 5 nitrogen and oxygen atoms in total. The second-order valence-electron chi connectivity index (χ2n) is 5.31. The minimum atomic E-state index is 0.484. The number of anilines is 2. The van der Waals surface area contributed by atoms with Crippen LogP contribution in [0.1, 0.15) is 11.1 Å². The van der Waals surface area contributed by atoms with Crippen LogP contribution in [0.25, 0.3) is 0 Å². The summed E-state index contributed by atoms with van der Waals surface area (Å²) in [5, 5.41) is 6.84. The summed E-state index contributed by atoms with van der Waals surface area (Å²) in [5.74, 6) is 1.67. The van der Waals surface area contributed by atoms with E-state index in [-0.39, 0.29) is 0 Å². The lowest BCUT2D eigenvalue weighted by Crippen LogP contribution is -2.19. The van der Waals surface area contributed by atoms with Gasteiger partial charge in [0.2, 0.25) is 5.75 Å². The summed E-state index contributed by atoms with van der Waals surface area (Å²) < 4.78 is 16.0. The van der Waals surface area contributed by atoms with E-state index in [1.54, 1.807) is 33.5 Å². The van der Waals surface area contributed by atoms with Crippen LogP contribution in [0.4, 0.5) is 11.4 Å². The summed E-state index contributed by atoms with van der Waals surface area (Å²) in [5.41, 5.74) is 4.00. The van der Waals surface area contributed by atoms with Gasteiger partial charge in [0.15, 0.2) is 16.6 Å². The van der Waals surface area contributed by atoms with E-state index in [9.17, 15) is 0 Å². The maximum absolute atomic E-state index is 5.41. The first-order valence-corrected chi connectivity index (χ1v) is 7.84. The molecule has 2 aromatic carbocycles. The molecule has 0 aliphatic rings. The van der Waals surface area contributed by atoms with Gasteiger partial charge in [-0.3, -0.25) is 0 Å². The number of rotatable bonds is 5. The average molecular weight is 346 g/mol. The molecule has 0 radical (unpaired) electrons. The fourth-order valence-corrected chi connectivity index (χ4v) is 2.54. The van der Waals surface area contributed by atoms with Gasteiger partial charge in [0, 0.05) is 23.5 Å².